The van der Waals surface area contributed by atoms with E-state index in [0.717, 1.165) is 23.1 Å². The van der Waals surface area contributed by atoms with Crippen LogP contribution in [0.4, 0.5) is 4.39 Å². The van der Waals surface area contributed by atoms with Gasteiger partial charge in [-0.05, 0) is 50.6 Å². The quantitative estimate of drug-likeness (QED) is 0.868. The SMILES string of the molecule is CNCC1(CN(C)Cc2cc(Br)ccc2F)CC1. The van der Waals surface area contributed by atoms with Crippen molar-refractivity contribution in [2.24, 2.45) is 5.41 Å². The van der Waals surface area contributed by atoms with E-state index < -0.39 is 0 Å². The Hall–Kier alpha value is -0.450. The van der Waals surface area contributed by atoms with Gasteiger partial charge >= 0.3 is 0 Å². The molecule has 0 aliphatic heterocycles. The minimum Gasteiger partial charge on any atom is -0.319 e. The molecule has 1 aliphatic rings. The molecule has 0 spiro atoms. The number of nitrogens with zero attached hydrogens (tertiary/aromatic N) is 1. The highest BCUT2D eigenvalue weighted by molar-refractivity contribution is 9.10. The summed E-state index contributed by atoms with van der Waals surface area (Å²) in [5.41, 5.74) is 1.18. The molecule has 1 aromatic rings. The zero-order chi connectivity index (χ0) is 13.2. The summed E-state index contributed by atoms with van der Waals surface area (Å²) < 4.78 is 14.6. The lowest BCUT2D eigenvalue weighted by atomic mass is 10.1. The monoisotopic (exact) mass is 314 g/mol. The first kappa shape index (κ1) is 14.0. The molecule has 1 aliphatic carbocycles. The largest absolute Gasteiger partial charge is 0.319 e. The summed E-state index contributed by atoms with van der Waals surface area (Å²) in [4.78, 5) is 2.22. The van der Waals surface area contributed by atoms with Gasteiger partial charge in [-0.2, -0.15) is 0 Å². The van der Waals surface area contributed by atoms with E-state index in [9.17, 15) is 4.39 Å². The minimum absolute atomic E-state index is 0.122. The van der Waals surface area contributed by atoms with Gasteiger partial charge < -0.3 is 10.2 Å². The Morgan fingerprint density at radius 1 is 1.44 bits per heavy atom. The van der Waals surface area contributed by atoms with Gasteiger partial charge in [-0.3, -0.25) is 0 Å². The lowest BCUT2D eigenvalue weighted by Gasteiger charge is -2.23. The van der Waals surface area contributed by atoms with Crippen molar-refractivity contribution in [2.45, 2.75) is 19.4 Å². The molecule has 0 radical (unpaired) electrons. The minimum atomic E-state index is -0.122. The first-order valence-electron chi connectivity index (χ1n) is 6.32. The molecule has 1 aromatic carbocycles. The highest BCUT2D eigenvalue weighted by atomic mass is 79.9. The van der Waals surface area contributed by atoms with Crippen LogP contribution < -0.4 is 5.32 Å². The van der Waals surface area contributed by atoms with E-state index in [4.69, 9.17) is 0 Å². The Labute approximate surface area is 117 Å². The maximum atomic E-state index is 13.7. The highest BCUT2D eigenvalue weighted by Crippen LogP contribution is 2.45. The fourth-order valence-corrected chi connectivity index (χ4v) is 2.93. The van der Waals surface area contributed by atoms with E-state index in [1.54, 1.807) is 6.07 Å². The normalized spacial score (nSPS) is 17.2. The van der Waals surface area contributed by atoms with Crippen LogP contribution in [0.3, 0.4) is 0 Å². The van der Waals surface area contributed by atoms with E-state index in [1.165, 1.54) is 18.9 Å². The summed E-state index contributed by atoms with van der Waals surface area (Å²) in [6, 6.07) is 5.12. The van der Waals surface area contributed by atoms with Crippen LogP contribution in [0.2, 0.25) is 0 Å². The van der Waals surface area contributed by atoms with Crippen LogP contribution in [-0.4, -0.2) is 32.1 Å². The number of nitrogens with one attached hydrogen (secondary N) is 1. The summed E-state index contributed by atoms with van der Waals surface area (Å²) in [6.45, 7) is 2.74. The Morgan fingerprint density at radius 3 is 2.78 bits per heavy atom. The van der Waals surface area contributed by atoms with Gasteiger partial charge in [-0.1, -0.05) is 15.9 Å². The van der Waals surface area contributed by atoms with Crippen molar-refractivity contribution in [3.63, 3.8) is 0 Å². The van der Waals surface area contributed by atoms with Gasteiger partial charge in [0, 0.05) is 29.7 Å². The smallest absolute Gasteiger partial charge is 0.127 e. The van der Waals surface area contributed by atoms with Crippen LogP contribution in [0.25, 0.3) is 0 Å². The van der Waals surface area contributed by atoms with Crippen molar-refractivity contribution in [3.8, 4) is 0 Å². The van der Waals surface area contributed by atoms with E-state index in [0.29, 0.717) is 12.0 Å². The molecule has 1 N–H and O–H groups in total. The number of hydrogen-bond acceptors (Lipinski definition) is 2. The maximum Gasteiger partial charge on any atom is 0.127 e. The summed E-state index contributed by atoms with van der Waals surface area (Å²) in [5, 5.41) is 3.25. The molecule has 2 rings (SSSR count). The van der Waals surface area contributed by atoms with Crippen molar-refractivity contribution >= 4 is 15.9 Å². The average molecular weight is 315 g/mol. The molecule has 0 atom stereocenters. The van der Waals surface area contributed by atoms with Crippen molar-refractivity contribution in [3.05, 3.63) is 34.1 Å². The Morgan fingerprint density at radius 2 is 2.17 bits per heavy atom. The van der Waals surface area contributed by atoms with Crippen LogP contribution in [0.5, 0.6) is 0 Å². The van der Waals surface area contributed by atoms with Crippen molar-refractivity contribution in [2.75, 3.05) is 27.2 Å². The topological polar surface area (TPSA) is 15.3 Å². The zero-order valence-electron chi connectivity index (χ0n) is 11.0. The van der Waals surface area contributed by atoms with Crippen LogP contribution in [0.1, 0.15) is 18.4 Å². The summed E-state index contributed by atoms with van der Waals surface area (Å²) >= 11 is 3.39. The fraction of sp³-hybridized carbons (Fsp3) is 0.571. The zero-order valence-corrected chi connectivity index (χ0v) is 12.6. The number of rotatable bonds is 6. The van der Waals surface area contributed by atoms with Crippen LogP contribution in [0.15, 0.2) is 22.7 Å². The molecular weight excluding hydrogens is 295 g/mol. The molecule has 4 heteroatoms. The highest BCUT2D eigenvalue weighted by Gasteiger charge is 2.42. The lowest BCUT2D eigenvalue weighted by Crippen LogP contribution is -2.32. The molecular formula is C14H20BrFN2. The molecule has 2 nitrogen and oxygen atoms in total. The number of hydrogen-bond donors (Lipinski definition) is 1. The van der Waals surface area contributed by atoms with Crippen LogP contribution in [0, 0.1) is 11.2 Å². The number of benzene rings is 1. The second-order valence-electron chi connectivity index (χ2n) is 5.44. The molecule has 0 aromatic heterocycles. The third-order valence-corrected chi connectivity index (χ3v) is 4.06. The van der Waals surface area contributed by atoms with Gasteiger partial charge in [0.1, 0.15) is 5.82 Å². The van der Waals surface area contributed by atoms with Gasteiger partial charge in [-0.25, -0.2) is 4.39 Å². The van der Waals surface area contributed by atoms with Gasteiger partial charge in [0.15, 0.2) is 0 Å². The number of halogens is 2. The van der Waals surface area contributed by atoms with E-state index >= 15 is 0 Å². The Bertz CT molecular complexity index is 418. The molecule has 1 fully saturated rings. The molecule has 0 heterocycles. The van der Waals surface area contributed by atoms with Gasteiger partial charge in [-0.15, -0.1) is 0 Å². The summed E-state index contributed by atoms with van der Waals surface area (Å²) in [6.07, 6.45) is 2.55. The van der Waals surface area contributed by atoms with E-state index in [2.05, 4.69) is 33.2 Å². The summed E-state index contributed by atoms with van der Waals surface area (Å²) in [5.74, 6) is -0.122. The Balaban J connectivity index is 1.94. The first-order chi connectivity index (χ1) is 8.54. The molecule has 0 unspecified atom stereocenters. The van der Waals surface area contributed by atoms with Crippen molar-refractivity contribution in [1.29, 1.82) is 0 Å². The van der Waals surface area contributed by atoms with E-state index in [-0.39, 0.29) is 5.82 Å². The maximum absolute atomic E-state index is 13.7. The second-order valence-corrected chi connectivity index (χ2v) is 6.35. The third-order valence-electron chi connectivity index (χ3n) is 3.56. The van der Waals surface area contributed by atoms with Crippen molar-refractivity contribution in [1.82, 2.24) is 10.2 Å². The van der Waals surface area contributed by atoms with Gasteiger partial charge in [0.05, 0.1) is 0 Å². The fourth-order valence-electron chi connectivity index (χ4n) is 2.53. The van der Waals surface area contributed by atoms with E-state index in [1.807, 2.05) is 13.1 Å². The molecule has 0 amide bonds. The molecule has 100 valence electrons. The standard InChI is InChI=1S/C14H20BrFN2/c1-17-9-14(5-6-14)10-18(2)8-11-7-12(15)3-4-13(11)16/h3-4,7,17H,5-6,8-10H2,1-2H3. The summed E-state index contributed by atoms with van der Waals surface area (Å²) in [7, 11) is 4.06. The van der Waals surface area contributed by atoms with Crippen LogP contribution in [-0.2, 0) is 6.54 Å². The second kappa shape index (κ2) is 5.68. The van der Waals surface area contributed by atoms with Gasteiger partial charge in [0.2, 0.25) is 0 Å². The third kappa shape index (κ3) is 3.53. The van der Waals surface area contributed by atoms with Gasteiger partial charge in [0.25, 0.3) is 0 Å². The first-order valence-corrected chi connectivity index (χ1v) is 7.11. The predicted octanol–water partition coefficient (Wildman–Crippen LogP) is 3.02. The van der Waals surface area contributed by atoms with Crippen LogP contribution >= 0.6 is 15.9 Å². The molecule has 0 bridgehead atoms. The lowest BCUT2D eigenvalue weighted by molar-refractivity contribution is 0.250. The predicted molar refractivity (Wildman–Crippen MR) is 76.0 cm³/mol. The molecule has 0 saturated heterocycles. The average Bonchev–Trinajstić information content (AvgIpc) is 3.03. The molecule has 18 heavy (non-hydrogen) atoms. The van der Waals surface area contributed by atoms with Crippen molar-refractivity contribution < 1.29 is 4.39 Å². The Kier molecular flexibility index (Phi) is 4.41. The molecule has 1 saturated carbocycles.